The van der Waals surface area contributed by atoms with Gasteiger partial charge in [-0.25, -0.2) is 9.97 Å². The highest BCUT2D eigenvalue weighted by molar-refractivity contribution is 5.30. The molecule has 0 fully saturated rings. The summed E-state index contributed by atoms with van der Waals surface area (Å²) in [6.45, 7) is 5.05. The standard InChI is InChI=1S/C16H21N3O/c1-12(2)17-9-14-10-18-16(19-11-14)8-13-5-4-6-15(7-13)20-3/h4-7,10-12,17H,8-9H2,1-3H3. The Labute approximate surface area is 120 Å². The second kappa shape index (κ2) is 7.01. The lowest BCUT2D eigenvalue weighted by molar-refractivity contribution is 0.414. The fourth-order valence-electron chi connectivity index (χ4n) is 1.85. The van der Waals surface area contributed by atoms with E-state index in [1.807, 2.05) is 30.6 Å². The van der Waals surface area contributed by atoms with Crippen molar-refractivity contribution in [1.82, 2.24) is 15.3 Å². The van der Waals surface area contributed by atoms with Crippen LogP contribution in [0, 0.1) is 0 Å². The number of aromatic nitrogens is 2. The molecule has 1 aromatic heterocycles. The van der Waals surface area contributed by atoms with Crippen molar-refractivity contribution in [3.05, 3.63) is 53.6 Å². The predicted octanol–water partition coefficient (Wildman–Crippen LogP) is 2.57. The van der Waals surface area contributed by atoms with Gasteiger partial charge in [0, 0.05) is 37.0 Å². The molecule has 1 aromatic carbocycles. The molecule has 0 amide bonds. The van der Waals surface area contributed by atoms with Crippen molar-refractivity contribution >= 4 is 0 Å². The fraction of sp³-hybridized carbons (Fsp3) is 0.375. The van der Waals surface area contributed by atoms with Gasteiger partial charge in [0.1, 0.15) is 11.6 Å². The maximum absolute atomic E-state index is 5.22. The summed E-state index contributed by atoms with van der Waals surface area (Å²) in [7, 11) is 1.67. The van der Waals surface area contributed by atoms with Crippen LogP contribution in [0.25, 0.3) is 0 Å². The lowest BCUT2D eigenvalue weighted by Gasteiger charge is -2.08. The quantitative estimate of drug-likeness (QED) is 0.877. The topological polar surface area (TPSA) is 47.0 Å². The van der Waals surface area contributed by atoms with Gasteiger partial charge in [-0.3, -0.25) is 0 Å². The normalized spacial score (nSPS) is 10.8. The Hall–Kier alpha value is -1.94. The maximum atomic E-state index is 5.22. The lowest BCUT2D eigenvalue weighted by atomic mass is 10.1. The van der Waals surface area contributed by atoms with Gasteiger partial charge in [0.05, 0.1) is 7.11 Å². The monoisotopic (exact) mass is 271 g/mol. The molecule has 0 radical (unpaired) electrons. The Morgan fingerprint density at radius 1 is 1.15 bits per heavy atom. The highest BCUT2D eigenvalue weighted by atomic mass is 16.5. The van der Waals surface area contributed by atoms with Crippen LogP contribution in [0.2, 0.25) is 0 Å². The number of hydrogen-bond donors (Lipinski definition) is 1. The summed E-state index contributed by atoms with van der Waals surface area (Å²) in [5.74, 6) is 1.69. The molecule has 0 spiro atoms. The van der Waals surface area contributed by atoms with Crippen molar-refractivity contribution in [2.45, 2.75) is 32.9 Å². The Bertz CT molecular complexity index is 538. The predicted molar refractivity (Wildman–Crippen MR) is 79.8 cm³/mol. The Kier molecular flexibility index (Phi) is 5.07. The van der Waals surface area contributed by atoms with E-state index in [4.69, 9.17) is 4.74 Å². The number of nitrogens with zero attached hydrogens (tertiary/aromatic N) is 2. The van der Waals surface area contributed by atoms with E-state index in [1.165, 1.54) is 0 Å². The number of hydrogen-bond acceptors (Lipinski definition) is 4. The molecule has 106 valence electrons. The average molecular weight is 271 g/mol. The molecule has 4 nitrogen and oxygen atoms in total. The van der Waals surface area contributed by atoms with Gasteiger partial charge < -0.3 is 10.1 Å². The fourth-order valence-corrected chi connectivity index (χ4v) is 1.85. The molecule has 20 heavy (non-hydrogen) atoms. The maximum Gasteiger partial charge on any atom is 0.132 e. The molecular formula is C16H21N3O. The molecule has 0 atom stereocenters. The number of benzene rings is 1. The van der Waals surface area contributed by atoms with Crippen LogP contribution in [0.1, 0.15) is 30.8 Å². The second-order valence-corrected chi connectivity index (χ2v) is 5.07. The number of ether oxygens (including phenoxy) is 1. The van der Waals surface area contributed by atoms with E-state index < -0.39 is 0 Å². The molecular weight excluding hydrogens is 250 g/mol. The first kappa shape index (κ1) is 14.5. The largest absolute Gasteiger partial charge is 0.497 e. The van der Waals surface area contributed by atoms with Crippen molar-refractivity contribution in [1.29, 1.82) is 0 Å². The number of methoxy groups -OCH3 is 1. The van der Waals surface area contributed by atoms with Crippen LogP contribution in [0.5, 0.6) is 5.75 Å². The minimum Gasteiger partial charge on any atom is -0.497 e. The molecule has 0 unspecified atom stereocenters. The zero-order valence-corrected chi connectivity index (χ0v) is 12.3. The van der Waals surface area contributed by atoms with Crippen LogP contribution in [-0.4, -0.2) is 23.1 Å². The summed E-state index contributed by atoms with van der Waals surface area (Å²) >= 11 is 0. The zero-order chi connectivity index (χ0) is 14.4. The van der Waals surface area contributed by atoms with E-state index in [0.717, 1.165) is 35.7 Å². The van der Waals surface area contributed by atoms with Crippen LogP contribution < -0.4 is 10.1 Å². The molecule has 1 heterocycles. The number of rotatable bonds is 6. The molecule has 0 bridgehead atoms. The molecule has 0 saturated carbocycles. The number of nitrogens with one attached hydrogen (secondary N) is 1. The van der Waals surface area contributed by atoms with E-state index in [1.54, 1.807) is 7.11 Å². The van der Waals surface area contributed by atoms with Crippen LogP contribution in [0.15, 0.2) is 36.7 Å². The third-order valence-electron chi connectivity index (χ3n) is 2.97. The second-order valence-electron chi connectivity index (χ2n) is 5.07. The van der Waals surface area contributed by atoms with Gasteiger partial charge in [0.2, 0.25) is 0 Å². The zero-order valence-electron chi connectivity index (χ0n) is 12.3. The first-order valence-electron chi connectivity index (χ1n) is 6.83. The van der Waals surface area contributed by atoms with E-state index in [2.05, 4.69) is 35.2 Å². The minimum absolute atomic E-state index is 0.464. The van der Waals surface area contributed by atoms with Crippen molar-refractivity contribution in [3.8, 4) is 5.75 Å². The van der Waals surface area contributed by atoms with Gasteiger partial charge >= 0.3 is 0 Å². The van der Waals surface area contributed by atoms with E-state index >= 15 is 0 Å². The van der Waals surface area contributed by atoms with Gasteiger partial charge in [0.15, 0.2) is 0 Å². The molecule has 0 aliphatic heterocycles. The molecule has 1 N–H and O–H groups in total. The third kappa shape index (κ3) is 4.31. The first-order chi connectivity index (χ1) is 9.67. The molecule has 0 aliphatic carbocycles. The lowest BCUT2D eigenvalue weighted by Crippen LogP contribution is -2.22. The van der Waals surface area contributed by atoms with E-state index in [9.17, 15) is 0 Å². The Morgan fingerprint density at radius 3 is 2.55 bits per heavy atom. The Balaban J connectivity index is 1.99. The smallest absolute Gasteiger partial charge is 0.132 e. The van der Waals surface area contributed by atoms with Crippen molar-refractivity contribution < 1.29 is 4.74 Å². The van der Waals surface area contributed by atoms with Gasteiger partial charge in [-0.05, 0) is 17.7 Å². The SMILES string of the molecule is COc1cccc(Cc2ncc(CNC(C)C)cn2)c1. The average Bonchev–Trinajstić information content (AvgIpc) is 2.47. The summed E-state index contributed by atoms with van der Waals surface area (Å²) in [6.07, 6.45) is 4.49. The summed E-state index contributed by atoms with van der Waals surface area (Å²) in [4.78, 5) is 8.83. The summed E-state index contributed by atoms with van der Waals surface area (Å²) in [6, 6.07) is 8.45. The molecule has 0 saturated heterocycles. The van der Waals surface area contributed by atoms with Crippen LogP contribution >= 0.6 is 0 Å². The minimum atomic E-state index is 0.464. The molecule has 2 rings (SSSR count). The van der Waals surface area contributed by atoms with Crippen molar-refractivity contribution in [2.24, 2.45) is 0 Å². The first-order valence-corrected chi connectivity index (χ1v) is 6.83. The van der Waals surface area contributed by atoms with Crippen LogP contribution in [0.3, 0.4) is 0 Å². The summed E-state index contributed by atoms with van der Waals surface area (Å²) in [5, 5.41) is 3.35. The van der Waals surface area contributed by atoms with Gasteiger partial charge in [-0.15, -0.1) is 0 Å². The van der Waals surface area contributed by atoms with Gasteiger partial charge in [-0.1, -0.05) is 26.0 Å². The molecule has 2 aromatic rings. The highest BCUT2D eigenvalue weighted by Crippen LogP contribution is 2.14. The highest BCUT2D eigenvalue weighted by Gasteiger charge is 2.02. The third-order valence-corrected chi connectivity index (χ3v) is 2.97. The summed E-state index contributed by atoms with van der Waals surface area (Å²) in [5.41, 5.74) is 2.26. The van der Waals surface area contributed by atoms with E-state index in [0.29, 0.717) is 6.04 Å². The van der Waals surface area contributed by atoms with Crippen molar-refractivity contribution in [2.75, 3.05) is 7.11 Å². The van der Waals surface area contributed by atoms with Crippen molar-refractivity contribution in [3.63, 3.8) is 0 Å². The summed E-state index contributed by atoms with van der Waals surface area (Å²) < 4.78 is 5.22. The van der Waals surface area contributed by atoms with E-state index in [-0.39, 0.29) is 0 Å². The molecule has 4 heteroatoms. The van der Waals surface area contributed by atoms with Gasteiger partial charge in [-0.2, -0.15) is 0 Å². The molecule has 0 aliphatic rings. The van der Waals surface area contributed by atoms with Crippen LogP contribution in [-0.2, 0) is 13.0 Å². The van der Waals surface area contributed by atoms with Gasteiger partial charge in [0.25, 0.3) is 0 Å². The van der Waals surface area contributed by atoms with Crippen LogP contribution in [0.4, 0.5) is 0 Å². The Morgan fingerprint density at radius 2 is 1.90 bits per heavy atom.